The summed E-state index contributed by atoms with van der Waals surface area (Å²) < 4.78 is 1.68. The average Bonchev–Trinajstić information content (AvgIpc) is 2.82. The van der Waals surface area contributed by atoms with E-state index in [1.54, 1.807) is 4.68 Å². The Hall–Kier alpha value is -2.80. The molecule has 0 radical (unpaired) electrons. The lowest BCUT2D eigenvalue weighted by Crippen LogP contribution is -2.45. The molecule has 1 aliphatic carbocycles. The molecule has 1 aromatic carbocycles. The van der Waals surface area contributed by atoms with E-state index in [9.17, 15) is 4.79 Å². The minimum absolute atomic E-state index is 0.0405. The third kappa shape index (κ3) is 4.61. The van der Waals surface area contributed by atoms with Crippen molar-refractivity contribution in [1.82, 2.24) is 24.6 Å². The van der Waals surface area contributed by atoms with Gasteiger partial charge >= 0.3 is 0 Å². The second kappa shape index (κ2) is 9.14. The number of piperidine rings is 1. The maximum atomic E-state index is 12.5. The van der Waals surface area contributed by atoms with Gasteiger partial charge in [0.05, 0.1) is 29.5 Å². The Kier molecular flexibility index (Phi) is 5.93. The monoisotopic (exact) mass is 418 g/mol. The molecule has 7 heteroatoms. The Balaban J connectivity index is 1.23. The van der Waals surface area contributed by atoms with Crippen LogP contribution in [0, 0.1) is 0 Å². The number of benzene rings is 1. The number of likely N-dealkylation sites (tertiary alicyclic amines) is 1. The number of hydrogen-bond acceptors (Lipinski definition) is 6. The molecule has 1 saturated heterocycles. The number of rotatable bonds is 6. The smallest absolute Gasteiger partial charge is 0.267 e. The van der Waals surface area contributed by atoms with E-state index in [0.29, 0.717) is 12.6 Å². The minimum Gasteiger partial charge on any atom is -0.367 e. The van der Waals surface area contributed by atoms with Crippen molar-refractivity contribution < 1.29 is 0 Å². The molecular weight excluding hydrogens is 388 g/mol. The lowest BCUT2D eigenvalue weighted by molar-refractivity contribution is 0.147. The zero-order valence-corrected chi connectivity index (χ0v) is 18.0. The van der Waals surface area contributed by atoms with Gasteiger partial charge in [-0.2, -0.15) is 5.10 Å². The summed E-state index contributed by atoms with van der Waals surface area (Å²) in [5, 5.41) is 8.18. The van der Waals surface area contributed by atoms with Gasteiger partial charge in [-0.3, -0.25) is 14.7 Å². The van der Waals surface area contributed by atoms with Gasteiger partial charge in [0.25, 0.3) is 5.56 Å². The number of aryl methyl sites for hydroxylation is 2. The molecule has 1 aliphatic heterocycles. The molecule has 162 valence electrons. The lowest BCUT2D eigenvalue weighted by Gasteiger charge is -2.36. The summed E-state index contributed by atoms with van der Waals surface area (Å²) in [7, 11) is 0. The SMILES string of the molecule is O=c1cc2c(nn1CCN1CCCCC1CNc1cnc3ccccc3n1)CCCC2. The van der Waals surface area contributed by atoms with Crippen molar-refractivity contribution in [3.05, 3.63) is 58.1 Å². The highest BCUT2D eigenvalue weighted by atomic mass is 16.1. The topological polar surface area (TPSA) is 75.9 Å². The predicted molar refractivity (Wildman–Crippen MR) is 122 cm³/mol. The Morgan fingerprint density at radius 2 is 1.90 bits per heavy atom. The van der Waals surface area contributed by atoms with Gasteiger partial charge < -0.3 is 5.32 Å². The molecule has 1 atom stereocenters. The first-order valence-corrected chi connectivity index (χ1v) is 11.6. The van der Waals surface area contributed by atoms with Gasteiger partial charge in [0.1, 0.15) is 5.82 Å². The highest BCUT2D eigenvalue weighted by molar-refractivity contribution is 5.75. The van der Waals surface area contributed by atoms with Crippen molar-refractivity contribution in [3.8, 4) is 0 Å². The normalized spacial score (nSPS) is 19.3. The molecule has 3 aromatic rings. The first-order valence-electron chi connectivity index (χ1n) is 11.6. The van der Waals surface area contributed by atoms with Crippen LogP contribution in [-0.4, -0.2) is 50.3 Å². The quantitative estimate of drug-likeness (QED) is 0.663. The zero-order chi connectivity index (χ0) is 21.0. The standard InChI is InChI=1S/C24H30N6O/c31-24-15-18-7-1-2-9-20(18)28-30(24)14-13-29-12-6-5-8-19(29)16-26-23-17-25-21-10-3-4-11-22(21)27-23/h3-4,10-11,15,17,19H,1-2,5-9,12-14,16H2,(H,26,27). The molecule has 3 heterocycles. The summed E-state index contributed by atoms with van der Waals surface area (Å²) in [5.74, 6) is 0.816. The van der Waals surface area contributed by atoms with Crippen LogP contribution in [0.25, 0.3) is 11.0 Å². The molecule has 0 bridgehead atoms. The number of aromatic nitrogens is 4. The number of para-hydroxylation sites is 2. The average molecular weight is 419 g/mol. The number of fused-ring (bicyclic) bond motifs is 2. The molecule has 1 N–H and O–H groups in total. The summed E-state index contributed by atoms with van der Waals surface area (Å²) in [4.78, 5) is 24.2. The van der Waals surface area contributed by atoms with E-state index in [1.165, 1.54) is 25.7 Å². The molecule has 0 amide bonds. The van der Waals surface area contributed by atoms with Gasteiger partial charge in [0.15, 0.2) is 0 Å². The predicted octanol–water partition coefficient (Wildman–Crippen LogP) is 3.03. The van der Waals surface area contributed by atoms with Gasteiger partial charge in [-0.25, -0.2) is 9.67 Å². The van der Waals surface area contributed by atoms with Crippen molar-refractivity contribution in [3.63, 3.8) is 0 Å². The lowest BCUT2D eigenvalue weighted by atomic mass is 9.97. The number of nitrogens with one attached hydrogen (secondary N) is 1. The minimum atomic E-state index is 0.0405. The van der Waals surface area contributed by atoms with Gasteiger partial charge in [-0.15, -0.1) is 0 Å². The molecule has 1 fully saturated rings. The summed E-state index contributed by atoms with van der Waals surface area (Å²) in [6.07, 6.45) is 9.75. The number of hydrogen-bond donors (Lipinski definition) is 1. The van der Waals surface area contributed by atoms with Crippen LogP contribution in [0.2, 0.25) is 0 Å². The highest BCUT2D eigenvalue weighted by Gasteiger charge is 2.23. The van der Waals surface area contributed by atoms with Gasteiger partial charge in [0, 0.05) is 25.2 Å². The van der Waals surface area contributed by atoms with Gasteiger partial charge in [-0.05, 0) is 62.8 Å². The van der Waals surface area contributed by atoms with Crippen LogP contribution in [0.1, 0.15) is 43.4 Å². The summed E-state index contributed by atoms with van der Waals surface area (Å²) in [5.41, 5.74) is 4.14. The molecule has 5 rings (SSSR count). The first-order chi connectivity index (χ1) is 15.3. The summed E-state index contributed by atoms with van der Waals surface area (Å²) >= 11 is 0. The Bertz CT molecular complexity index is 1110. The molecule has 0 saturated carbocycles. The molecule has 2 aromatic heterocycles. The summed E-state index contributed by atoms with van der Waals surface area (Å²) in [6.45, 7) is 3.40. The van der Waals surface area contributed by atoms with Crippen LogP contribution >= 0.6 is 0 Å². The van der Waals surface area contributed by atoms with Crippen molar-refractivity contribution in [1.29, 1.82) is 0 Å². The zero-order valence-electron chi connectivity index (χ0n) is 18.0. The van der Waals surface area contributed by atoms with Gasteiger partial charge in [0.2, 0.25) is 0 Å². The molecule has 2 aliphatic rings. The fraction of sp³-hybridized carbons (Fsp3) is 0.500. The van der Waals surface area contributed by atoms with E-state index in [1.807, 2.05) is 36.5 Å². The van der Waals surface area contributed by atoms with Crippen LogP contribution in [0.3, 0.4) is 0 Å². The van der Waals surface area contributed by atoms with Crippen molar-refractivity contribution in [2.75, 3.05) is 25.0 Å². The second-order valence-electron chi connectivity index (χ2n) is 8.70. The Morgan fingerprint density at radius 1 is 1.03 bits per heavy atom. The molecule has 0 spiro atoms. The second-order valence-corrected chi connectivity index (χ2v) is 8.70. The van der Waals surface area contributed by atoms with Crippen LogP contribution in [0.4, 0.5) is 5.82 Å². The van der Waals surface area contributed by atoms with Crippen molar-refractivity contribution in [2.24, 2.45) is 0 Å². The van der Waals surface area contributed by atoms with Crippen LogP contribution < -0.4 is 10.9 Å². The van der Waals surface area contributed by atoms with Crippen LogP contribution in [0.15, 0.2) is 41.3 Å². The fourth-order valence-corrected chi connectivity index (χ4v) is 4.83. The van der Waals surface area contributed by atoms with Gasteiger partial charge in [-0.1, -0.05) is 18.6 Å². The molecular formula is C24H30N6O. The highest BCUT2D eigenvalue weighted by Crippen LogP contribution is 2.19. The van der Waals surface area contributed by atoms with E-state index < -0.39 is 0 Å². The number of anilines is 1. The molecule has 31 heavy (non-hydrogen) atoms. The van der Waals surface area contributed by atoms with Crippen molar-refractivity contribution in [2.45, 2.75) is 57.5 Å². The summed E-state index contributed by atoms with van der Waals surface area (Å²) in [6, 6.07) is 10.2. The van der Waals surface area contributed by atoms with E-state index in [0.717, 1.165) is 67.0 Å². The maximum Gasteiger partial charge on any atom is 0.267 e. The maximum absolute atomic E-state index is 12.5. The third-order valence-corrected chi connectivity index (χ3v) is 6.59. The van der Waals surface area contributed by atoms with Crippen LogP contribution in [0.5, 0.6) is 0 Å². The fourth-order valence-electron chi connectivity index (χ4n) is 4.83. The van der Waals surface area contributed by atoms with E-state index in [-0.39, 0.29) is 5.56 Å². The third-order valence-electron chi connectivity index (χ3n) is 6.59. The Labute approximate surface area is 182 Å². The largest absolute Gasteiger partial charge is 0.367 e. The van der Waals surface area contributed by atoms with E-state index >= 15 is 0 Å². The first kappa shape index (κ1) is 20.1. The Morgan fingerprint density at radius 3 is 2.84 bits per heavy atom. The van der Waals surface area contributed by atoms with Crippen LogP contribution in [-0.2, 0) is 19.4 Å². The van der Waals surface area contributed by atoms with Crippen molar-refractivity contribution >= 4 is 16.9 Å². The number of nitrogens with zero attached hydrogens (tertiary/aromatic N) is 5. The molecule has 7 nitrogen and oxygen atoms in total. The molecule has 1 unspecified atom stereocenters. The van der Waals surface area contributed by atoms with E-state index in [4.69, 9.17) is 0 Å². The van der Waals surface area contributed by atoms with E-state index in [2.05, 4.69) is 25.3 Å².